The number of alkyl halides is 3. The number of aliphatic imine (C=N–C) groups is 3. The number of phosphoric acid groups is 2. The van der Waals surface area contributed by atoms with Crippen LogP contribution in [0.1, 0.15) is 149 Å². The molecule has 0 bridgehead atoms. The summed E-state index contributed by atoms with van der Waals surface area (Å²) >= 11 is 0. The Hall–Kier alpha value is -13.6. The number of phosphoric ester groups is 2. The lowest BCUT2D eigenvalue weighted by Crippen LogP contribution is -2.51. The van der Waals surface area contributed by atoms with E-state index in [0.717, 1.165) is 34.9 Å². The van der Waals surface area contributed by atoms with Crippen molar-refractivity contribution in [1.82, 2.24) is 24.9 Å². The van der Waals surface area contributed by atoms with E-state index < -0.39 is 288 Å². The molecule has 8 aliphatic rings. The molecule has 834 valence electrons. The van der Waals surface area contributed by atoms with Gasteiger partial charge in [0.15, 0.2) is 67.3 Å². The molecule has 16 atom stereocenters. The molecule has 0 aromatic carbocycles. The molecule has 0 saturated carbocycles. The largest absolute Gasteiger partial charge is 0.510 e. The van der Waals surface area contributed by atoms with Gasteiger partial charge in [0.2, 0.25) is 32.9 Å². The first kappa shape index (κ1) is 127. The maximum Gasteiger partial charge on any atom is 0.510 e. The van der Waals surface area contributed by atoms with Crippen LogP contribution < -0.4 is 22.5 Å². The number of nitrogens with two attached hydrogens (primary N) is 3. The average Bonchev–Trinajstić information content (AvgIpc) is 1.62. The molecule has 150 heavy (non-hydrogen) atoms. The number of amides is 1. The normalized spacial score (nSPS) is 25.1. The fraction of sp³-hybridized carbons (Fsp3) is 0.659. The number of rotatable bonds is 49. The Kier molecular flexibility index (Phi) is 50.5. The van der Waals surface area contributed by atoms with Crippen LogP contribution >= 0.6 is 15.6 Å². The van der Waals surface area contributed by atoms with E-state index in [1.807, 2.05) is 13.8 Å². The number of halogens is 3. The van der Waals surface area contributed by atoms with Crippen LogP contribution in [0.2, 0.25) is 0 Å². The van der Waals surface area contributed by atoms with Crippen molar-refractivity contribution < 1.29 is 188 Å². The number of ether oxygens (including phenoxy) is 17. The SMILES string of the molecule is C=C1N=C(N)C=CN1[C@@H]1O[C@@](COC(=O)C(C)C)(N=[N+]=[N-])[C@@H](OC(=O)C(C)C)[C@H]1OC(=O)C(C)C.C=C1N=C(N)C=CN1[C@@H]1O[C@](CN=[N+]=[N-])(COC(=O)CCCC)[C@@H](OC(=O)CCCC)[C@H]1F.C=C1N=C(N)C=CN1[C@@H]1O[C@](CN=[N+]=[N-])(COP(=O)(OCOC(=O)OC(C)C)OCOC(=O)OC(C)C)[C@@H](O)[C@H]1F.C=C1NC(=O)C=CN1[C@@H]1O[C@](CN=[N+]=[N-])(COP(=O)(OCOC(=O)OC(C)C)OCOC(=O)OC(C)C)[C@@H](O)[C@H]1F. The topological polar surface area (TPSA) is 793 Å². The smallest absolute Gasteiger partial charge is 0.462 e. The first-order chi connectivity index (χ1) is 70.5. The highest BCUT2D eigenvalue weighted by atomic mass is 31.2. The molecule has 9 N–H and O–H groups in total. The Labute approximate surface area is 857 Å². The molecule has 8 heterocycles. The van der Waals surface area contributed by atoms with Gasteiger partial charge in [-0.25, -0.2) is 74.6 Å². The standard InChI is InChI=1S/C22H32N6O7.C21H32FN6O12P.C21H31FN6O5.C21H31FN5O13P/c1-11(2)19(29)32-10-22(26-27-24)17(34-21(31)13(5)6)16(33-20(30)12(3)4)18(35-22)28-9-8-15(23)25-14(28)7;1-12(2)38-19(30)33-10-36-41(32,37-11-34-20(31)39-13(3)4)35-9-21(8-25-27-24)17(29)16(22)18(40-21)28-7-6-15(23)26-14(28)5;1-4-6-8-16(29)31-13-21(12-25-27-24)19(32-17(30)9-7-5-2)18(22)20(33-21)28-11-10-15(23)26-14(28)3;1-12(2)38-19(30)33-10-36-41(32,37-11-34-20(31)39-13(3)4)35-9-21(8-24-26-23)17(29)16(22)18(40-21)27-7-6-15(28)25-14(27)5/h8-9,11-13,16-18H,7,10H2,1-6H3,(H2,23,25);6-7,12-13,16-18,29H,5,8-11H2,1-4H3,(H2,23,26);10-11,18-20H,3-9,12-13H2,1-2H3,(H2,23,26);6-7,12-13,16-18,29H,5,8-11H2,1-4H3,(H,25,28)/t16-,17+,18-,22-;16-,17+,18-,21-;18-,19+,20-,21-;16-,17+,18-,21-/m1111/s1. The predicted molar refractivity (Wildman–Crippen MR) is 509 cm³/mol. The van der Waals surface area contributed by atoms with E-state index in [9.17, 15) is 72.8 Å². The van der Waals surface area contributed by atoms with E-state index in [0.29, 0.717) is 12.8 Å². The zero-order chi connectivity index (χ0) is 113. The van der Waals surface area contributed by atoms with Crippen LogP contribution in [0, 0.1) is 17.8 Å². The zero-order valence-electron chi connectivity index (χ0n) is 84.9. The third kappa shape index (κ3) is 37.9. The van der Waals surface area contributed by atoms with Crippen molar-refractivity contribution in [3.05, 3.63) is 140 Å². The van der Waals surface area contributed by atoms with Crippen LogP contribution in [0.5, 0.6) is 0 Å². The van der Waals surface area contributed by atoms with Crippen molar-refractivity contribution >= 4 is 93.5 Å². The number of hydrogen-bond acceptors (Lipinski definition) is 51. The van der Waals surface area contributed by atoms with Crippen molar-refractivity contribution in [2.75, 3.05) is 73.2 Å². The number of nitrogens with zero attached hydrogens (tertiary/aromatic N) is 19. The van der Waals surface area contributed by atoms with E-state index in [2.05, 4.69) is 106 Å². The van der Waals surface area contributed by atoms with E-state index >= 15 is 13.2 Å². The summed E-state index contributed by atoms with van der Waals surface area (Å²) in [5.41, 5.74) is 44.8. The van der Waals surface area contributed by atoms with Gasteiger partial charge in [0.25, 0.3) is 5.91 Å². The Balaban J connectivity index is 0.000000353. The van der Waals surface area contributed by atoms with Gasteiger partial charge >= 0.3 is 70.1 Å². The quantitative estimate of drug-likeness (QED) is 0.00626. The van der Waals surface area contributed by atoms with Gasteiger partial charge in [-0.2, -0.15) is 0 Å². The summed E-state index contributed by atoms with van der Waals surface area (Å²) < 4.78 is 192. The van der Waals surface area contributed by atoms with Crippen molar-refractivity contribution in [3.63, 3.8) is 0 Å². The number of unbranched alkanes of at least 4 members (excludes halogenated alkanes) is 2. The third-order valence-electron chi connectivity index (χ3n) is 20.4. The van der Waals surface area contributed by atoms with Gasteiger partial charge in [0.05, 0.1) is 75.0 Å². The van der Waals surface area contributed by atoms with Gasteiger partial charge in [-0.3, -0.25) is 37.8 Å². The second-order valence-corrected chi connectivity index (χ2v) is 38.0. The lowest BCUT2D eigenvalue weighted by Gasteiger charge is -2.34. The van der Waals surface area contributed by atoms with E-state index in [1.54, 1.807) is 69.2 Å². The maximum atomic E-state index is 15.8. The molecule has 8 rings (SSSR count). The summed E-state index contributed by atoms with van der Waals surface area (Å²) in [5.74, 6) is -4.66. The number of amidine groups is 3. The highest BCUT2D eigenvalue weighted by Gasteiger charge is 2.65. The number of aliphatic hydroxyl groups excluding tert-OH is 2. The maximum absolute atomic E-state index is 15.8. The molecule has 60 nitrogen and oxygen atoms in total. The fourth-order valence-electron chi connectivity index (χ4n) is 13.1. The number of azide groups is 4. The molecular formula is C85H126F3N23O37P2. The van der Waals surface area contributed by atoms with Crippen LogP contribution in [-0.2, 0) is 146 Å². The van der Waals surface area contributed by atoms with Crippen LogP contribution in [0.15, 0.2) is 134 Å². The summed E-state index contributed by atoms with van der Waals surface area (Å²) in [6, 6.07) is 0. The first-order valence-electron chi connectivity index (χ1n) is 45.9. The van der Waals surface area contributed by atoms with Crippen LogP contribution in [-0.4, -0.2) is 302 Å². The summed E-state index contributed by atoms with van der Waals surface area (Å²) in [5, 5.41) is 37.8. The summed E-state index contributed by atoms with van der Waals surface area (Å²) in [6.45, 7) is 31.6. The molecule has 0 radical (unpaired) electrons. The van der Waals surface area contributed by atoms with E-state index in [1.165, 1.54) is 74.3 Å². The Morgan fingerprint density at radius 2 is 0.807 bits per heavy atom. The molecule has 65 heteroatoms. The molecule has 8 aliphatic heterocycles. The van der Waals surface area contributed by atoms with Gasteiger partial charge < -0.3 is 133 Å². The molecule has 0 unspecified atom stereocenters. The van der Waals surface area contributed by atoms with Gasteiger partial charge in [-0.15, -0.1) is 0 Å². The minimum atomic E-state index is -4.86. The number of esters is 5. The van der Waals surface area contributed by atoms with Gasteiger partial charge in [0.1, 0.15) is 77.4 Å². The van der Waals surface area contributed by atoms with E-state index in [4.69, 9.17) is 123 Å². The van der Waals surface area contributed by atoms with Crippen molar-refractivity contribution in [2.24, 2.45) is 70.4 Å². The Morgan fingerprint density at radius 1 is 0.453 bits per heavy atom. The van der Waals surface area contributed by atoms with Crippen molar-refractivity contribution in [2.45, 2.75) is 270 Å². The van der Waals surface area contributed by atoms with Crippen LogP contribution in [0.3, 0.4) is 0 Å². The lowest BCUT2D eigenvalue weighted by atomic mass is 9.96. The number of carbonyl (C=O) groups excluding carboxylic acids is 10. The minimum absolute atomic E-state index is 0.0291. The van der Waals surface area contributed by atoms with Gasteiger partial charge in [0, 0.05) is 63.4 Å². The summed E-state index contributed by atoms with van der Waals surface area (Å²) in [4.78, 5) is 148. The van der Waals surface area contributed by atoms with Crippen molar-refractivity contribution in [3.8, 4) is 0 Å². The fourth-order valence-corrected chi connectivity index (χ4v) is 15.0. The molecule has 0 aromatic rings. The Bertz CT molecular complexity index is 5220. The number of nitrogens with one attached hydrogen (secondary N) is 1. The number of aliphatic hydroxyl groups is 2. The minimum Gasteiger partial charge on any atom is -0.462 e. The summed E-state index contributed by atoms with van der Waals surface area (Å²) in [6.07, 6.45) is -13.7. The van der Waals surface area contributed by atoms with E-state index in [-0.39, 0.29) is 53.6 Å². The highest BCUT2D eigenvalue weighted by Crippen LogP contribution is 2.54. The second kappa shape index (κ2) is 59.7. The van der Waals surface area contributed by atoms with Gasteiger partial charge in [-0.05, 0) is 109 Å². The van der Waals surface area contributed by atoms with Gasteiger partial charge in [-0.1, -0.05) is 115 Å². The third-order valence-corrected chi connectivity index (χ3v) is 23.0. The molecule has 4 fully saturated rings. The average molecular weight is 2180 g/mol. The Morgan fingerprint density at radius 3 is 1.17 bits per heavy atom. The molecule has 0 aliphatic carbocycles. The second-order valence-electron chi connectivity index (χ2n) is 34.6. The molecule has 0 aromatic heterocycles. The molecule has 1 amide bonds. The highest BCUT2D eigenvalue weighted by molar-refractivity contribution is 7.48. The number of hydrogen-bond donors (Lipinski definition) is 6. The zero-order valence-corrected chi connectivity index (χ0v) is 86.7. The number of carbonyl (C=O) groups is 10. The molecular weight excluding hydrogens is 2050 g/mol. The lowest BCUT2D eigenvalue weighted by molar-refractivity contribution is -0.183. The first-order valence-corrected chi connectivity index (χ1v) is 48.8. The monoisotopic (exact) mass is 2180 g/mol. The molecule has 4 saturated heterocycles. The molecule has 0 spiro atoms. The van der Waals surface area contributed by atoms with Crippen molar-refractivity contribution in [1.29, 1.82) is 0 Å². The van der Waals surface area contributed by atoms with Crippen LogP contribution in [0.25, 0.3) is 41.8 Å². The predicted octanol–water partition coefficient (Wildman–Crippen LogP) is 11.2. The summed E-state index contributed by atoms with van der Waals surface area (Å²) in [7, 11) is -9.71. The van der Waals surface area contributed by atoms with Crippen LogP contribution in [0.4, 0.5) is 32.3 Å².